The molecule has 0 unspecified atom stereocenters. The average molecular weight is 497 g/mol. The van der Waals surface area contributed by atoms with E-state index in [-0.39, 0.29) is 28.9 Å². The number of halogens is 1. The number of nitrogens with one attached hydrogen (secondary N) is 1. The predicted molar refractivity (Wildman–Crippen MR) is 138 cm³/mol. The number of hydrogen-bond donors (Lipinski definition) is 1. The number of carbonyl (C=O) groups excluding carboxylic acids is 2. The predicted octanol–water partition coefficient (Wildman–Crippen LogP) is 3.84. The number of piperazine rings is 1. The molecule has 2 fully saturated rings. The normalized spacial score (nSPS) is 17.1. The minimum absolute atomic E-state index is 0.0428. The van der Waals surface area contributed by atoms with Gasteiger partial charge in [0.1, 0.15) is 16.9 Å². The van der Waals surface area contributed by atoms with Crippen LogP contribution in [-0.2, 0) is 6.54 Å². The van der Waals surface area contributed by atoms with Gasteiger partial charge in [0.15, 0.2) is 0 Å². The van der Waals surface area contributed by atoms with E-state index in [0.717, 1.165) is 37.7 Å². The van der Waals surface area contributed by atoms with E-state index in [9.17, 15) is 18.8 Å². The molecular formula is C28H37FN4O3. The Labute approximate surface area is 212 Å². The number of carbonyl (C=O) groups is 2. The first-order valence-electron chi connectivity index (χ1n) is 13.1. The third kappa shape index (κ3) is 6.40. The molecule has 0 spiro atoms. The first kappa shape index (κ1) is 26.1. The first-order valence-corrected chi connectivity index (χ1v) is 13.1. The number of pyridine rings is 1. The van der Waals surface area contributed by atoms with Crippen molar-refractivity contribution in [2.45, 2.75) is 58.5 Å². The summed E-state index contributed by atoms with van der Waals surface area (Å²) in [7, 11) is 0. The topological polar surface area (TPSA) is 74.7 Å². The second-order valence-electron chi connectivity index (χ2n) is 10.4. The maximum Gasteiger partial charge on any atom is 0.259 e. The lowest BCUT2D eigenvalue weighted by molar-refractivity contribution is 0.0626. The highest BCUT2D eigenvalue weighted by Gasteiger charge is 2.28. The quantitative estimate of drug-likeness (QED) is 0.603. The van der Waals surface area contributed by atoms with Crippen molar-refractivity contribution in [1.82, 2.24) is 19.7 Å². The zero-order valence-corrected chi connectivity index (χ0v) is 21.3. The minimum atomic E-state index is -0.501. The fourth-order valence-electron chi connectivity index (χ4n) is 5.07. The molecule has 2 aliphatic rings. The number of rotatable bonds is 8. The zero-order chi connectivity index (χ0) is 25.7. The van der Waals surface area contributed by atoms with E-state index in [1.165, 1.54) is 12.1 Å². The van der Waals surface area contributed by atoms with Crippen LogP contribution in [0, 0.1) is 11.7 Å². The van der Waals surface area contributed by atoms with Gasteiger partial charge in [0, 0.05) is 57.7 Å². The summed E-state index contributed by atoms with van der Waals surface area (Å²) in [6.45, 7) is 7.48. The maximum absolute atomic E-state index is 13.5. The molecule has 0 bridgehead atoms. The Bertz CT molecular complexity index is 1130. The van der Waals surface area contributed by atoms with Gasteiger partial charge in [-0.25, -0.2) is 4.39 Å². The van der Waals surface area contributed by atoms with Crippen LogP contribution < -0.4 is 10.7 Å². The summed E-state index contributed by atoms with van der Waals surface area (Å²) in [5, 5.41) is 2.86. The van der Waals surface area contributed by atoms with Crippen LogP contribution in [-0.4, -0.2) is 58.9 Å². The molecule has 2 heterocycles. The van der Waals surface area contributed by atoms with E-state index in [4.69, 9.17) is 0 Å². The molecule has 36 heavy (non-hydrogen) atoms. The Morgan fingerprint density at radius 1 is 1.06 bits per heavy atom. The Morgan fingerprint density at radius 2 is 1.75 bits per heavy atom. The molecule has 2 aromatic rings. The summed E-state index contributed by atoms with van der Waals surface area (Å²) in [4.78, 5) is 43.6. The summed E-state index contributed by atoms with van der Waals surface area (Å²) < 4.78 is 15.4. The Balaban J connectivity index is 1.49. The second-order valence-corrected chi connectivity index (χ2v) is 10.4. The van der Waals surface area contributed by atoms with Gasteiger partial charge in [-0.3, -0.25) is 19.3 Å². The summed E-state index contributed by atoms with van der Waals surface area (Å²) in [6.07, 6.45) is 8.27. The molecule has 1 saturated carbocycles. The third-order valence-corrected chi connectivity index (χ3v) is 7.23. The molecule has 0 radical (unpaired) electrons. The highest BCUT2D eigenvalue weighted by Crippen LogP contribution is 2.29. The van der Waals surface area contributed by atoms with Gasteiger partial charge in [0.2, 0.25) is 5.43 Å². The van der Waals surface area contributed by atoms with Gasteiger partial charge < -0.3 is 14.8 Å². The van der Waals surface area contributed by atoms with Gasteiger partial charge in [-0.1, -0.05) is 38.8 Å². The van der Waals surface area contributed by atoms with Crippen molar-refractivity contribution in [3.8, 4) is 0 Å². The molecule has 2 amide bonds. The van der Waals surface area contributed by atoms with Crippen molar-refractivity contribution < 1.29 is 14.0 Å². The largest absolute Gasteiger partial charge is 0.352 e. The van der Waals surface area contributed by atoms with Crippen LogP contribution in [0.25, 0.3) is 0 Å². The number of amides is 2. The van der Waals surface area contributed by atoms with E-state index in [1.807, 2.05) is 10.6 Å². The average Bonchev–Trinajstić information content (AvgIpc) is 3.39. The van der Waals surface area contributed by atoms with Crippen LogP contribution in [0.2, 0.25) is 0 Å². The van der Waals surface area contributed by atoms with E-state index in [2.05, 4.69) is 24.1 Å². The van der Waals surface area contributed by atoms with Gasteiger partial charge in [0.05, 0.1) is 0 Å². The van der Waals surface area contributed by atoms with Crippen molar-refractivity contribution in [2.24, 2.45) is 5.92 Å². The fourth-order valence-corrected chi connectivity index (χ4v) is 5.07. The third-order valence-electron chi connectivity index (χ3n) is 7.23. The Hall–Kier alpha value is -3.00. The van der Waals surface area contributed by atoms with Gasteiger partial charge in [-0.2, -0.15) is 0 Å². The van der Waals surface area contributed by atoms with Gasteiger partial charge >= 0.3 is 0 Å². The van der Waals surface area contributed by atoms with E-state index in [1.54, 1.807) is 23.4 Å². The first-order chi connectivity index (χ1) is 17.3. The molecule has 8 heteroatoms. The molecule has 7 nitrogen and oxygen atoms in total. The number of benzene rings is 1. The molecular weight excluding hydrogens is 459 g/mol. The monoisotopic (exact) mass is 496 g/mol. The molecule has 1 aromatic heterocycles. The summed E-state index contributed by atoms with van der Waals surface area (Å²) >= 11 is 0. The van der Waals surface area contributed by atoms with Crippen molar-refractivity contribution in [2.75, 3.05) is 32.7 Å². The second kappa shape index (κ2) is 11.8. The van der Waals surface area contributed by atoms with Crippen molar-refractivity contribution >= 4 is 11.8 Å². The van der Waals surface area contributed by atoms with Crippen molar-refractivity contribution in [3.05, 3.63) is 69.4 Å². The Morgan fingerprint density at radius 3 is 2.42 bits per heavy atom. The molecule has 1 N–H and O–H groups in total. The van der Waals surface area contributed by atoms with E-state index in [0.29, 0.717) is 45.2 Å². The van der Waals surface area contributed by atoms with Gasteiger partial charge in [-0.05, 0) is 42.9 Å². The molecule has 4 rings (SSSR count). The summed E-state index contributed by atoms with van der Waals surface area (Å²) in [6, 6.07) is 6.75. The van der Waals surface area contributed by atoms with E-state index >= 15 is 0 Å². The molecule has 1 aromatic carbocycles. The zero-order valence-electron chi connectivity index (χ0n) is 21.3. The lowest BCUT2D eigenvalue weighted by atomic mass is 10.1. The highest BCUT2D eigenvalue weighted by atomic mass is 19.1. The fraction of sp³-hybridized carbons (Fsp3) is 0.536. The summed E-state index contributed by atoms with van der Waals surface area (Å²) in [5.74, 6) is -0.558. The molecule has 1 aliphatic carbocycles. The molecule has 194 valence electrons. The van der Waals surface area contributed by atoms with Crippen LogP contribution in [0.4, 0.5) is 4.39 Å². The van der Waals surface area contributed by atoms with Crippen LogP contribution >= 0.6 is 0 Å². The van der Waals surface area contributed by atoms with Crippen LogP contribution in [0.3, 0.4) is 0 Å². The number of aromatic nitrogens is 1. The van der Waals surface area contributed by atoms with Crippen molar-refractivity contribution in [3.63, 3.8) is 0 Å². The van der Waals surface area contributed by atoms with Gasteiger partial charge in [-0.15, -0.1) is 0 Å². The van der Waals surface area contributed by atoms with Gasteiger partial charge in [0.25, 0.3) is 11.8 Å². The number of hydrogen-bond acceptors (Lipinski definition) is 4. The van der Waals surface area contributed by atoms with Crippen LogP contribution in [0.1, 0.15) is 78.3 Å². The summed E-state index contributed by atoms with van der Waals surface area (Å²) in [5.41, 5.74) is 0.502. The highest BCUT2D eigenvalue weighted by molar-refractivity contribution is 5.99. The van der Waals surface area contributed by atoms with Crippen molar-refractivity contribution in [1.29, 1.82) is 0 Å². The maximum atomic E-state index is 13.5. The van der Waals surface area contributed by atoms with Crippen LogP contribution in [0.5, 0.6) is 0 Å². The SMILES string of the molecule is CC(C)CCNC(=O)c1cn(C2CCCC2)cc(C(=O)N2CCN(Cc3cccc(F)c3)CC2)c1=O. The van der Waals surface area contributed by atoms with Crippen LogP contribution in [0.15, 0.2) is 41.5 Å². The standard InChI is InChI=1S/C28H37FN4O3/c1-20(2)10-11-30-27(35)24-18-33(23-8-3-4-9-23)19-25(26(24)34)28(36)32-14-12-31(13-15-32)17-21-6-5-7-22(29)16-21/h5-7,16,18-20,23H,3-4,8-15,17H2,1-2H3,(H,30,35). The minimum Gasteiger partial charge on any atom is -0.352 e. The Kier molecular flexibility index (Phi) is 8.56. The molecule has 1 aliphatic heterocycles. The lowest BCUT2D eigenvalue weighted by Gasteiger charge is -2.34. The molecule has 1 saturated heterocycles. The lowest BCUT2D eigenvalue weighted by Crippen LogP contribution is -2.49. The number of nitrogens with zero attached hydrogens (tertiary/aromatic N) is 3. The smallest absolute Gasteiger partial charge is 0.259 e. The van der Waals surface area contributed by atoms with E-state index < -0.39 is 11.3 Å². The molecule has 0 atom stereocenters.